The van der Waals surface area contributed by atoms with E-state index in [0.717, 1.165) is 42.7 Å². The van der Waals surface area contributed by atoms with Crippen LogP contribution in [0.2, 0.25) is 0 Å². The second kappa shape index (κ2) is 9.43. The average molecular weight is 406 g/mol. The smallest absolute Gasteiger partial charge is 0.251 e. The minimum atomic E-state index is -0.00810. The van der Waals surface area contributed by atoms with Crippen LogP contribution in [0.5, 0.6) is 0 Å². The van der Waals surface area contributed by atoms with E-state index >= 15 is 0 Å². The molecule has 1 fully saturated rings. The van der Waals surface area contributed by atoms with E-state index in [4.69, 9.17) is 0 Å². The lowest BCUT2D eigenvalue weighted by Crippen LogP contribution is -2.33. The summed E-state index contributed by atoms with van der Waals surface area (Å²) in [6, 6.07) is 14.0. The summed E-state index contributed by atoms with van der Waals surface area (Å²) in [6.07, 6.45) is 5.85. The molecule has 2 heterocycles. The van der Waals surface area contributed by atoms with Crippen molar-refractivity contribution < 1.29 is 9.59 Å². The maximum absolute atomic E-state index is 12.4. The van der Waals surface area contributed by atoms with Crippen molar-refractivity contribution in [1.29, 1.82) is 0 Å². The van der Waals surface area contributed by atoms with Crippen molar-refractivity contribution in [3.8, 4) is 11.1 Å². The third kappa shape index (κ3) is 4.73. The maximum atomic E-state index is 12.4. The van der Waals surface area contributed by atoms with Crippen molar-refractivity contribution >= 4 is 17.5 Å². The van der Waals surface area contributed by atoms with E-state index < -0.39 is 0 Å². The summed E-state index contributed by atoms with van der Waals surface area (Å²) >= 11 is 0. The van der Waals surface area contributed by atoms with Crippen LogP contribution in [0.1, 0.15) is 48.5 Å². The van der Waals surface area contributed by atoms with E-state index in [1.165, 1.54) is 37.9 Å². The minimum Gasteiger partial charge on any atom is -0.352 e. The molecular formula is C25H31N3O2. The molecule has 0 aliphatic carbocycles. The fourth-order valence-corrected chi connectivity index (χ4v) is 4.51. The number of benzene rings is 2. The SMILES string of the molecule is CC(=O)N1CCc2cc(-c3ccc(C(=O)NCCCN4CCCCC4)cc3)ccc21. The third-order valence-corrected chi connectivity index (χ3v) is 6.22. The Morgan fingerprint density at radius 2 is 1.67 bits per heavy atom. The van der Waals surface area contributed by atoms with Crippen molar-refractivity contribution in [3.05, 3.63) is 53.6 Å². The van der Waals surface area contributed by atoms with Crippen molar-refractivity contribution in [1.82, 2.24) is 10.2 Å². The number of nitrogens with zero attached hydrogens (tertiary/aromatic N) is 2. The first-order valence-electron chi connectivity index (χ1n) is 11.1. The number of hydrogen-bond donors (Lipinski definition) is 1. The zero-order valence-corrected chi connectivity index (χ0v) is 17.8. The molecule has 0 aromatic heterocycles. The highest BCUT2D eigenvalue weighted by Gasteiger charge is 2.22. The van der Waals surface area contributed by atoms with Crippen LogP contribution in [-0.2, 0) is 11.2 Å². The first-order chi connectivity index (χ1) is 14.6. The maximum Gasteiger partial charge on any atom is 0.251 e. The number of carbonyl (C=O) groups is 2. The molecule has 2 aliphatic heterocycles. The van der Waals surface area contributed by atoms with E-state index in [1.54, 1.807) is 6.92 Å². The number of amides is 2. The van der Waals surface area contributed by atoms with Crippen LogP contribution in [0, 0.1) is 0 Å². The monoisotopic (exact) mass is 405 g/mol. The van der Waals surface area contributed by atoms with E-state index in [1.807, 2.05) is 35.2 Å². The summed E-state index contributed by atoms with van der Waals surface area (Å²) in [5.74, 6) is 0.0824. The second-order valence-corrected chi connectivity index (χ2v) is 8.35. The third-order valence-electron chi connectivity index (χ3n) is 6.22. The molecule has 1 saturated heterocycles. The Morgan fingerprint density at radius 1 is 0.933 bits per heavy atom. The number of carbonyl (C=O) groups excluding carboxylic acids is 2. The molecule has 1 N–H and O–H groups in total. The quantitative estimate of drug-likeness (QED) is 0.743. The van der Waals surface area contributed by atoms with Gasteiger partial charge in [-0.3, -0.25) is 9.59 Å². The lowest BCUT2D eigenvalue weighted by molar-refractivity contribution is -0.116. The van der Waals surface area contributed by atoms with Gasteiger partial charge in [-0.1, -0.05) is 24.6 Å². The van der Waals surface area contributed by atoms with Gasteiger partial charge in [-0.25, -0.2) is 0 Å². The van der Waals surface area contributed by atoms with Gasteiger partial charge in [-0.15, -0.1) is 0 Å². The zero-order valence-electron chi connectivity index (χ0n) is 17.8. The molecule has 30 heavy (non-hydrogen) atoms. The van der Waals surface area contributed by atoms with Crippen LogP contribution < -0.4 is 10.2 Å². The Kier molecular flexibility index (Phi) is 6.48. The lowest BCUT2D eigenvalue weighted by atomic mass is 10.0. The lowest BCUT2D eigenvalue weighted by Gasteiger charge is -2.26. The Balaban J connectivity index is 1.31. The molecule has 2 aliphatic rings. The molecule has 0 unspecified atom stereocenters. The first kappa shape index (κ1) is 20.6. The van der Waals surface area contributed by atoms with Gasteiger partial charge in [0.15, 0.2) is 0 Å². The molecule has 2 aromatic rings. The number of hydrogen-bond acceptors (Lipinski definition) is 3. The Hall–Kier alpha value is -2.66. The van der Waals surface area contributed by atoms with Crippen molar-refractivity contribution in [2.24, 2.45) is 0 Å². The number of likely N-dealkylation sites (tertiary alicyclic amines) is 1. The number of rotatable bonds is 6. The van der Waals surface area contributed by atoms with Gasteiger partial charge < -0.3 is 15.1 Å². The molecule has 0 spiro atoms. The molecular weight excluding hydrogens is 374 g/mol. The van der Waals surface area contributed by atoms with E-state index in [0.29, 0.717) is 12.1 Å². The van der Waals surface area contributed by atoms with Gasteiger partial charge >= 0.3 is 0 Å². The van der Waals surface area contributed by atoms with Crippen molar-refractivity contribution in [3.63, 3.8) is 0 Å². The first-order valence-corrected chi connectivity index (χ1v) is 11.1. The highest BCUT2D eigenvalue weighted by atomic mass is 16.2. The van der Waals surface area contributed by atoms with Crippen LogP contribution in [-0.4, -0.2) is 49.4 Å². The Bertz CT molecular complexity index is 901. The van der Waals surface area contributed by atoms with Gasteiger partial charge in [0.1, 0.15) is 0 Å². The summed E-state index contributed by atoms with van der Waals surface area (Å²) in [6.45, 7) is 6.55. The normalized spacial score (nSPS) is 16.4. The average Bonchev–Trinajstić information content (AvgIpc) is 3.21. The molecule has 0 atom stereocenters. The van der Waals surface area contributed by atoms with E-state index in [-0.39, 0.29) is 11.8 Å². The predicted molar refractivity (Wildman–Crippen MR) is 121 cm³/mol. The molecule has 5 nitrogen and oxygen atoms in total. The largest absolute Gasteiger partial charge is 0.352 e. The Morgan fingerprint density at radius 3 is 2.40 bits per heavy atom. The van der Waals surface area contributed by atoms with E-state index in [9.17, 15) is 9.59 Å². The summed E-state index contributed by atoms with van der Waals surface area (Å²) in [7, 11) is 0. The molecule has 0 bridgehead atoms. The Labute approximate surface area is 179 Å². The number of anilines is 1. The summed E-state index contributed by atoms with van der Waals surface area (Å²) in [5.41, 5.74) is 5.12. The van der Waals surface area contributed by atoms with Gasteiger partial charge in [-0.05, 0) is 86.3 Å². The summed E-state index contributed by atoms with van der Waals surface area (Å²) in [4.78, 5) is 28.5. The standard InChI is InChI=1S/C25H31N3O2/c1-19(29)28-17-12-23-18-22(10-11-24(23)28)20-6-8-21(9-7-20)25(30)26-13-5-16-27-14-3-2-4-15-27/h6-11,18H,2-5,12-17H2,1H3,(H,26,30). The molecule has 2 aromatic carbocycles. The molecule has 5 heteroatoms. The van der Waals surface area contributed by atoms with Crippen LogP contribution in [0.25, 0.3) is 11.1 Å². The van der Waals surface area contributed by atoms with Crippen LogP contribution in [0.15, 0.2) is 42.5 Å². The van der Waals surface area contributed by atoms with Crippen molar-refractivity contribution in [2.75, 3.05) is 37.6 Å². The number of piperidine rings is 1. The zero-order chi connectivity index (χ0) is 20.9. The predicted octanol–water partition coefficient (Wildman–Crippen LogP) is 3.87. The molecule has 0 radical (unpaired) electrons. The summed E-state index contributed by atoms with van der Waals surface area (Å²) < 4.78 is 0. The van der Waals surface area contributed by atoms with Crippen LogP contribution >= 0.6 is 0 Å². The van der Waals surface area contributed by atoms with Crippen molar-refractivity contribution in [2.45, 2.75) is 39.0 Å². The van der Waals surface area contributed by atoms with Gasteiger partial charge in [0.05, 0.1) is 0 Å². The van der Waals surface area contributed by atoms with Crippen LogP contribution in [0.4, 0.5) is 5.69 Å². The van der Waals surface area contributed by atoms with Gasteiger partial charge in [0.25, 0.3) is 5.91 Å². The topological polar surface area (TPSA) is 52.7 Å². The second-order valence-electron chi connectivity index (χ2n) is 8.35. The molecule has 158 valence electrons. The molecule has 4 rings (SSSR count). The highest BCUT2D eigenvalue weighted by molar-refractivity contribution is 5.95. The van der Waals surface area contributed by atoms with Gasteiger partial charge in [0.2, 0.25) is 5.91 Å². The van der Waals surface area contributed by atoms with Gasteiger partial charge in [-0.2, -0.15) is 0 Å². The molecule has 0 saturated carbocycles. The van der Waals surface area contributed by atoms with E-state index in [2.05, 4.69) is 22.3 Å². The fourth-order valence-electron chi connectivity index (χ4n) is 4.51. The number of nitrogens with one attached hydrogen (secondary N) is 1. The van der Waals surface area contributed by atoms with Gasteiger partial charge in [0, 0.05) is 31.3 Å². The summed E-state index contributed by atoms with van der Waals surface area (Å²) in [5, 5.41) is 3.04. The minimum absolute atomic E-state index is 0.00810. The van der Waals surface area contributed by atoms with Crippen LogP contribution in [0.3, 0.4) is 0 Å². The fraction of sp³-hybridized carbons (Fsp3) is 0.440. The molecule has 2 amide bonds. The number of fused-ring (bicyclic) bond motifs is 1. The highest BCUT2D eigenvalue weighted by Crippen LogP contribution is 2.32.